The summed E-state index contributed by atoms with van der Waals surface area (Å²) in [4.78, 5) is 1.95. The molecule has 0 unspecified atom stereocenters. The van der Waals surface area contributed by atoms with Crippen LogP contribution in [0, 0.1) is 0 Å². The summed E-state index contributed by atoms with van der Waals surface area (Å²) >= 11 is 0. The summed E-state index contributed by atoms with van der Waals surface area (Å²) in [5.74, 6) is -0.612. The number of hydrogen-bond donors (Lipinski definition) is 1. The zero-order valence-electron chi connectivity index (χ0n) is 10.2. The zero-order valence-corrected chi connectivity index (χ0v) is 10.2. The number of aliphatic hydroxyl groups excluding tert-OH is 1. The van der Waals surface area contributed by atoms with Gasteiger partial charge in [-0.1, -0.05) is 0 Å². The molecule has 1 aromatic heterocycles. The average Bonchev–Trinajstić information content (AvgIpc) is 2.77. The minimum Gasteiger partial charge on any atom is -0.394 e. The van der Waals surface area contributed by atoms with Gasteiger partial charge in [0.1, 0.15) is 5.82 Å². The summed E-state index contributed by atoms with van der Waals surface area (Å²) in [6.07, 6.45) is -4.46. The number of nitrogens with zero attached hydrogens (tertiary/aromatic N) is 4. The van der Waals surface area contributed by atoms with E-state index in [4.69, 9.17) is 9.84 Å². The van der Waals surface area contributed by atoms with E-state index in [0.717, 1.165) is 4.57 Å². The van der Waals surface area contributed by atoms with Gasteiger partial charge in [-0.3, -0.25) is 4.90 Å². The number of aliphatic hydroxyl groups is 1. The molecule has 0 bridgehead atoms. The number of ether oxygens (including phenoxy) is 1. The molecule has 0 spiro atoms. The molecule has 19 heavy (non-hydrogen) atoms. The van der Waals surface area contributed by atoms with Gasteiger partial charge in [-0.05, 0) is 0 Å². The van der Waals surface area contributed by atoms with E-state index in [1.807, 2.05) is 4.90 Å². The lowest BCUT2D eigenvalue weighted by Crippen LogP contribution is -2.37. The summed E-state index contributed by atoms with van der Waals surface area (Å²) in [5.41, 5.74) is 0. The summed E-state index contributed by atoms with van der Waals surface area (Å²) < 4.78 is 44.1. The molecule has 2 rings (SSSR count). The number of hydrogen-bond acceptors (Lipinski definition) is 5. The smallest absolute Gasteiger partial charge is 0.394 e. The van der Waals surface area contributed by atoms with Crippen molar-refractivity contribution in [2.45, 2.75) is 19.3 Å². The van der Waals surface area contributed by atoms with Crippen molar-refractivity contribution in [2.75, 3.05) is 32.9 Å². The largest absolute Gasteiger partial charge is 0.451 e. The summed E-state index contributed by atoms with van der Waals surface area (Å²) in [6.45, 7) is 2.29. The SMILES string of the molecule is OCCOCCN1CCn2c(nnc2C(F)(F)F)C1. The van der Waals surface area contributed by atoms with Gasteiger partial charge in [-0.25, -0.2) is 0 Å². The van der Waals surface area contributed by atoms with Crippen molar-refractivity contribution in [3.05, 3.63) is 11.6 Å². The summed E-state index contributed by atoms with van der Waals surface area (Å²) in [6, 6.07) is 0. The second kappa shape index (κ2) is 5.85. The molecule has 0 fully saturated rings. The number of aromatic nitrogens is 3. The standard InChI is InChI=1S/C10H15F3N4O2/c11-10(12,13)9-15-14-8-7-16(1-2-17(8)9)3-5-19-6-4-18/h18H,1-7H2. The number of rotatable bonds is 5. The van der Waals surface area contributed by atoms with Crippen molar-refractivity contribution in [1.29, 1.82) is 0 Å². The summed E-state index contributed by atoms with van der Waals surface area (Å²) in [5, 5.41) is 15.3. The predicted molar refractivity (Wildman–Crippen MR) is 58.2 cm³/mol. The second-order valence-corrected chi connectivity index (χ2v) is 4.20. The van der Waals surface area contributed by atoms with Gasteiger partial charge < -0.3 is 14.4 Å². The predicted octanol–water partition coefficient (Wildman–Crippen LogP) is 0.121. The molecule has 0 saturated heterocycles. The molecule has 0 saturated carbocycles. The Morgan fingerprint density at radius 2 is 2.00 bits per heavy atom. The fraction of sp³-hybridized carbons (Fsp3) is 0.800. The van der Waals surface area contributed by atoms with E-state index in [9.17, 15) is 13.2 Å². The van der Waals surface area contributed by atoms with E-state index in [0.29, 0.717) is 32.1 Å². The molecule has 1 aliphatic rings. The molecule has 6 nitrogen and oxygen atoms in total. The Morgan fingerprint density at radius 1 is 1.21 bits per heavy atom. The van der Waals surface area contributed by atoms with Crippen LogP contribution in [0.1, 0.15) is 11.6 Å². The molecule has 0 amide bonds. The Hall–Kier alpha value is -1.19. The maximum atomic E-state index is 12.6. The molecule has 1 aliphatic heterocycles. The first kappa shape index (κ1) is 14.2. The van der Waals surface area contributed by atoms with Crippen molar-refractivity contribution in [1.82, 2.24) is 19.7 Å². The molecule has 0 radical (unpaired) electrons. The minimum atomic E-state index is -4.46. The third-order valence-electron chi connectivity index (χ3n) is 2.87. The fourth-order valence-electron chi connectivity index (χ4n) is 1.97. The highest BCUT2D eigenvalue weighted by molar-refractivity contribution is 5.02. The Labute approximate surface area is 107 Å². The van der Waals surface area contributed by atoms with E-state index >= 15 is 0 Å². The highest BCUT2D eigenvalue weighted by Gasteiger charge is 2.39. The normalized spacial score (nSPS) is 16.6. The Kier molecular flexibility index (Phi) is 4.38. The monoisotopic (exact) mass is 280 g/mol. The first-order valence-corrected chi connectivity index (χ1v) is 5.92. The Bertz CT molecular complexity index is 421. The maximum absolute atomic E-state index is 12.6. The molecule has 9 heteroatoms. The number of fused-ring (bicyclic) bond motifs is 1. The van der Waals surface area contributed by atoms with Gasteiger partial charge in [0.2, 0.25) is 5.82 Å². The van der Waals surface area contributed by atoms with Crippen LogP contribution in [0.25, 0.3) is 0 Å². The molecule has 0 aromatic carbocycles. The van der Waals surface area contributed by atoms with Crippen molar-refractivity contribution in [2.24, 2.45) is 0 Å². The number of alkyl halides is 3. The van der Waals surface area contributed by atoms with Crippen LogP contribution in [0.15, 0.2) is 0 Å². The minimum absolute atomic E-state index is 0.0384. The average molecular weight is 280 g/mol. The van der Waals surface area contributed by atoms with Gasteiger partial charge in [-0.2, -0.15) is 13.2 Å². The first-order valence-electron chi connectivity index (χ1n) is 5.92. The van der Waals surface area contributed by atoms with Crippen LogP contribution in [0.2, 0.25) is 0 Å². The Morgan fingerprint density at radius 3 is 2.68 bits per heavy atom. The van der Waals surface area contributed by atoms with E-state index in [2.05, 4.69) is 10.2 Å². The maximum Gasteiger partial charge on any atom is 0.451 e. The van der Waals surface area contributed by atoms with Gasteiger partial charge in [0.25, 0.3) is 0 Å². The van der Waals surface area contributed by atoms with Crippen molar-refractivity contribution in [3.8, 4) is 0 Å². The third kappa shape index (κ3) is 3.43. The first-order chi connectivity index (χ1) is 9.02. The fourth-order valence-corrected chi connectivity index (χ4v) is 1.97. The van der Waals surface area contributed by atoms with E-state index in [1.165, 1.54) is 0 Å². The van der Waals surface area contributed by atoms with Crippen LogP contribution in [-0.2, 0) is 24.0 Å². The molecular formula is C10H15F3N4O2. The highest BCUT2D eigenvalue weighted by atomic mass is 19.4. The van der Waals surface area contributed by atoms with Crippen LogP contribution >= 0.6 is 0 Å². The molecule has 2 heterocycles. The quantitative estimate of drug-likeness (QED) is 0.776. The summed E-state index contributed by atoms with van der Waals surface area (Å²) in [7, 11) is 0. The van der Waals surface area contributed by atoms with Crippen molar-refractivity contribution < 1.29 is 23.0 Å². The van der Waals surface area contributed by atoms with Crippen LogP contribution in [0.5, 0.6) is 0 Å². The van der Waals surface area contributed by atoms with Gasteiger partial charge in [0, 0.05) is 19.6 Å². The van der Waals surface area contributed by atoms with Crippen molar-refractivity contribution >= 4 is 0 Å². The Balaban J connectivity index is 1.92. The van der Waals surface area contributed by atoms with E-state index < -0.39 is 12.0 Å². The van der Waals surface area contributed by atoms with Crippen LogP contribution in [-0.4, -0.2) is 57.7 Å². The molecule has 1 N–H and O–H groups in total. The van der Waals surface area contributed by atoms with Gasteiger partial charge in [0.05, 0.1) is 26.4 Å². The second-order valence-electron chi connectivity index (χ2n) is 4.20. The lowest BCUT2D eigenvalue weighted by atomic mass is 10.3. The van der Waals surface area contributed by atoms with Gasteiger partial charge >= 0.3 is 6.18 Å². The lowest BCUT2D eigenvalue weighted by molar-refractivity contribution is -0.148. The lowest BCUT2D eigenvalue weighted by Gasteiger charge is -2.27. The molecular weight excluding hydrogens is 265 g/mol. The molecule has 108 valence electrons. The topological polar surface area (TPSA) is 63.4 Å². The van der Waals surface area contributed by atoms with Crippen LogP contribution < -0.4 is 0 Å². The molecule has 0 atom stereocenters. The van der Waals surface area contributed by atoms with Gasteiger partial charge in [0.15, 0.2) is 0 Å². The third-order valence-corrected chi connectivity index (χ3v) is 2.87. The molecule has 1 aromatic rings. The van der Waals surface area contributed by atoms with Gasteiger partial charge in [-0.15, -0.1) is 10.2 Å². The van der Waals surface area contributed by atoms with Crippen LogP contribution in [0.4, 0.5) is 13.2 Å². The van der Waals surface area contributed by atoms with Crippen LogP contribution in [0.3, 0.4) is 0 Å². The number of halogens is 3. The van der Waals surface area contributed by atoms with Crippen molar-refractivity contribution in [3.63, 3.8) is 0 Å². The van der Waals surface area contributed by atoms with E-state index in [1.54, 1.807) is 0 Å². The zero-order chi connectivity index (χ0) is 13.9. The molecule has 0 aliphatic carbocycles. The van der Waals surface area contributed by atoms with E-state index in [-0.39, 0.29) is 19.8 Å². The highest BCUT2D eigenvalue weighted by Crippen LogP contribution is 2.29.